The second kappa shape index (κ2) is 6.10. The lowest BCUT2D eigenvalue weighted by Crippen LogP contribution is -2.57. The molecular formula is C11H15F3N4O3. The molecule has 21 heavy (non-hydrogen) atoms. The van der Waals surface area contributed by atoms with Crippen LogP contribution in [0.1, 0.15) is 5.69 Å². The molecule has 2 rings (SSSR count). The lowest BCUT2D eigenvalue weighted by atomic mass is 9.98. The lowest BCUT2D eigenvalue weighted by molar-refractivity contribution is -0.141. The van der Waals surface area contributed by atoms with E-state index in [2.05, 4.69) is 15.3 Å². The van der Waals surface area contributed by atoms with Crippen molar-refractivity contribution in [3.8, 4) is 0 Å². The molecule has 0 spiro atoms. The van der Waals surface area contributed by atoms with E-state index in [1.54, 1.807) is 0 Å². The van der Waals surface area contributed by atoms with Gasteiger partial charge in [-0.25, -0.2) is 9.97 Å². The number of hydrogen-bond donors (Lipinski definition) is 4. The number of nitrogens with zero attached hydrogens (tertiary/aromatic N) is 2. The predicted molar refractivity (Wildman–Crippen MR) is 65.3 cm³/mol. The van der Waals surface area contributed by atoms with E-state index < -0.39 is 36.2 Å². The molecule has 2 heterocycles. The molecule has 7 nitrogen and oxygen atoms in total. The van der Waals surface area contributed by atoms with Gasteiger partial charge in [0, 0.05) is 12.7 Å². The lowest BCUT2D eigenvalue weighted by Gasteiger charge is -2.37. The molecule has 1 aliphatic rings. The Morgan fingerprint density at radius 2 is 2.10 bits per heavy atom. The summed E-state index contributed by atoms with van der Waals surface area (Å²) in [6.45, 7) is -0.0231. The summed E-state index contributed by atoms with van der Waals surface area (Å²) in [6.07, 6.45) is -6.86. The maximum atomic E-state index is 12.5. The molecule has 0 saturated carbocycles. The molecule has 10 heteroatoms. The van der Waals surface area contributed by atoms with E-state index in [0.717, 1.165) is 12.3 Å². The molecule has 1 fully saturated rings. The minimum atomic E-state index is -4.59. The molecule has 1 aromatic heterocycles. The highest BCUT2D eigenvalue weighted by molar-refractivity contribution is 5.29. The van der Waals surface area contributed by atoms with E-state index in [-0.39, 0.29) is 19.1 Å². The van der Waals surface area contributed by atoms with Gasteiger partial charge in [-0.15, -0.1) is 0 Å². The molecule has 0 aliphatic carbocycles. The SMILES string of the molecule is NC[C@H]1OC[C@H](Nc2nccc(C(F)(F)F)n2)[C@@H](O)[C@H]1O. The van der Waals surface area contributed by atoms with Gasteiger partial charge in [-0.3, -0.25) is 0 Å². The first kappa shape index (κ1) is 15.9. The Morgan fingerprint density at radius 3 is 2.71 bits per heavy atom. The number of aliphatic hydroxyl groups is 2. The zero-order valence-electron chi connectivity index (χ0n) is 10.8. The summed E-state index contributed by atoms with van der Waals surface area (Å²) in [5.41, 5.74) is 4.25. The highest BCUT2D eigenvalue weighted by Gasteiger charge is 2.38. The van der Waals surface area contributed by atoms with Crippen molar-refractivity contribution in [3.05, 3.63) is 18.0 Å². The summed E-state index contributed by atoms with van der Waals surface area (Å²) in [6, 6.07) is -0.107. The highest BCUT2D eigenvalue weighted by Crippen LogP contribution is 2.28. The Labute approximate surface area is 118 Å². The summed E-state index contributed by atoms with van der Waals surface area (Å²) < 4.78 is 42.8. The zero-order valence-corrected chi connectivity index (χ0v) is 10.8. The van der Waals surface area contributed by atoms with Crippen LogP contribution in [-0.4, -0.2) is 57.7 Å². The summed E-state index contributed by atoms with van der Waals surface area (Å²) in [5, 5.41) is 22.2. The van der Waals surface area contributed by atoms with Crippen LogP contribution < -0.4 is 11.1 Å². The average Bonchev–Trinajstić information content (AvgIpc) is 2.44. The van der Waals surface area contributed by atoms with Gasteiger partial charge in [0.15, 0.2) is 0 Å². The topological polar surface area (TPSA) is 114 Å². The largest absolute Gasteiger partial charge is 0.433 e. The number of anilines is 1. The fraction of sp³-hybridized carbons (Fsp3) is 0.636. The first-order valence-corrected chi connectivity index (χ1v) is 6.17. The van der Waals surface area contributed by atoms with E-state index in [0.29, 0.717) is 0 Å². The number of ether oxygens (including phenoxy) is 1. The molecule has 0 amide bonds. The van der Waals surface area contributed by atoms with Crippen LogP contribution in [0.3, 0.4) is 0 Å². The van der Waals surface area contributed by atoms with Crippen molar-refractivity contribution in [2.24, 2.45) is 5.73 Å². The maximum absolute atomic E-state index is 12.5. The Hall–Kier alpha value is -1.49. The Bertz CT molecular complexity index is 488. The van der Waals surface area contributed by atoms with Crippen molar-refractivity contribution >= 4 is 5.95 Å². The van der Waals surface area contributed by atoms with Crippen molar-refractivity contribution in [3.63, 3.8) is 0 Å². The summed E-state index contributed by atoms with van der Waals surface area (Å²) >= 11 is 0. The standard InChI is InChI=1S/C11H15F3N4O3/c12-11(13,14)7-1-2-16-10(18-7)17-5-4-21-6(3-15)9(20)8(5)19/h1-2,5-6,8-9,19-20H,3-4,15H2,(H,16,17,18)/t5-,6+,8+,9-/m0/s1. The number of halogens is 3. The Balaban J connectivity index is 2.08. The van der Waals surface area contributed by atoms with Crippen molar-refractivity contribution in [2.75, 3.05) is 18.5 Å². The molecule has 0 aromatic carbocycles. The number of aliphatic hydroxyl groups excluding tert-OH is 2. The smallest absolute Gasteiger partial charge is 0.388 e. The van der Waals surface area contributed by atoms with Crippen LogP contribution in [0, 0.1) is 0 Å². The fourth-order valence-electron chi connectivity index (χ4n) is 1.97. The zero-order chi connectivity index (χ0) is 15.6. The van der Waals surface area contributed by atoms with Gasteiger partial charge in [0.25, 0.3) is 0 Å². The molecule has 1 aromatic rings. The van der Waals surface area contributed by atoms with Crippen LogP contribution >= 0.6 is 0 Å². The van der Waals surface area contributed by atoms with Crippen molar-refractivity contribution in [1.29, 1.82) is 0 Å². The van der Waals surface area contributed by atoms with Crippen LogP contribution in [-0.2, 0) is 10.9 Å². The third kappa shape index (κ3) is 3.59. The monoisotopic (exact) mass is 308 g/mol. The minimum Gasteiger partial charge on any atom is -0.388 e. The molecule has 1 saturated heterocycles. The third-order valence-electron chi connectivity index (χ3n) is 3.13. The third-order valence-corrected chi connectivity index (χ3v) is 3.13. The molecule has 0 radical (unpaired) electrons. The van der Waals surface area contributed by atoms with Crippen molar-refractivity contribution in [2.45, 2.75) is 30.5 Å². The Kier molecular flexibility index (Phi) is 4.61. The number of nitrogens with one attached hydrogen (secondary N) is 1. The van der Waals surface area contributed by atoms with Gasteiger partial charge in [0.05, 0.1) is 18.8 Å². The van der Waals surface area contributed by atoms with Gasteiger partial charge in [0.2, 0.25) is 5.95 Å². The summed E-state index contributed by atoms with van der Waals surface area (Å²) in [5.74, 6) is -0.309. The van der Waals surface area contributed by atoms with Crippen LogP contribution in [0.5, 0.6) is 0 Å². The van der Waals surface area contributed by atoms with Crippen LogP contribution in [0.25, 0.3) is 0 Å². The number of alkyl halides is 3. The Morgan fingerprint density at radius 1 is 1.38 bits per heavy atom. The van der Waals surface area contributed by atoms with Gasteiger partial charge in [-0.1, -0.05) is 0 Å². The first-order valence-electron chi connectivity index (χ1n) is 6.17. The van der Waals surface area contributed by atoms with E-state index in [1.807, 2.05) is 0 Å². The van der Waals surface area contributed by atoms with Crippen LogP contribution in [0.2, 0.25) is 0 Å². The van der Waals surface area contributed by atoms with E-state index >= 15 is 0 Å². The van der Waals surface area contributed by atoms with E-state index in [1.165, 1.54) is 0 Å². The molecule has 118 valence electrons. The molecule has 4 atom stereocenters. The summed E-state index contributed by atoms with van der Waals surface area (Å²) in [7, 11) is 0. The number of nitrogens with two attached hydrogens (primary N) is 1. The quantitative estimate of drug-likeness (QED) is 0.587. The van der Waals surface area contributed by atoms with Crippen molar-refractivity contribution < 1.29 is 28.1 Å². The van der Waals surface area contributed by atoms with E-state index in [4.69, 9.17) is 10.5 Å². The van der Waals surface area contributed by atoms with Crippen LogP contribution in [0.15, 0.2) is 12.3 Å². The van der Waals surface area contributed by atoms with E-state index in [9.17, 15) is 23.4 Å². The van der Waals surface area contributed by atoms with Gasteiger partial charge in [-0.05, 0) is 6.07 Å². The van der Waals surface area contributed by atoms with Gasteiger partial charge in [0.1, 0.15) is 17.9 Å². The molecule has 0 unspecified atom stereocenters. The number of hydrogen-bond acceptors (Lipinski definition) is 7. The predicted octanol–water partition coefficient (Wildman–Crippen LogP) is -0.645. The second-order valence-corrected chi connectivity index (χ2v) is 4.60. The maximum Gasteiger partial charge on any atom is 0.433 e. The summed E-state index contributed by atoms with van der Waals surface area (Å²) in [4.78, 5) is 6.97. The normalized spacial score (nSPS) is 30.2. The minimum absolute atomic E-state index is 0.0189. The van der Waals surface area contributed by atoms with Gasteiger partial charge >= 0.3 is 6.18 Å². The first-order chi connectivity index (χ1) is 9.82. The molecule has 0 bridgehead atoms. The molecule has 5 N–H and O–H groups in total. The number of aromatic nitrogens is 2. The average molecular weight is 308 g/mol. The highest BCUT2D eigenvalue weighted by atomic mass is 19.4. The van der Waals surface area contributed by atoms with Gasteiger partial charge in [-0.2, -0.15) is 13.2 Å². The van der Waals surface area contributed by atoms with Crippen LogP contribution in [0.4, 0.5) is 19.1 Å². The molecule has 1 aliphatic heterocycles. The second-order valence-electron chi connectivity index (χ2n) is 4.60. The molecular weight excluding hydrogens is 293 g/mol. The fourth-order valence-corrected chi connectivity index (χ4v) is 1.97. The number of rotatable bonds is 3. The van der Waals surface area contributed by atoms with Crippen molar-refractivity contribution in [1.82, 2.24) is 9.97 Å². The van der Waals surface area contributed by atoms with Gasteiger partial charge < -0.3 is 26.0 Å².